The number of hydrogen-bond donors (Lipinski definition) is 3. The molecule has 0 aromatic heterocycles. The minimum Gasteiger partial charge on any atom is -0.466 e. The second kappa shape index (κ2) is 60.4. The molecule has 0 aliphatic carbocycles. The van der Waals surface area contributed by atoms with E-state index in [0.717, 1.165) is 38.5 Å². The van der Waals surface area contributed by atoms with E-state index in [2.05, 4.69) is 19.2 Å². The van der Waals surface area contributed by atoms with Crippen LogP contribution < -0.4 is 5.32 Å². The number of carbonyl (C=O) groups excluding carboxylic acids is 2. The van der Waals surface area contributed by atoms with Crippen LogP contribution in [0.3, 0.4) is 0 Å². The van der Waals surface area contributed by atoms with Gasteiger partial charge in [-0.05, 0) is 25.7 Å². The van der Waals surface area contributed by atoms with Crippen LogP contribution in [-0.4, -0.2) is 47.4 Å². The van der Waals surface area contributed by atoms with E-state index in [1.165, 1.54) is 302 Å². The Kier molecular flexibility index (Phi) is 59.4. The quantitative estimate of drug-likeness (QED) is 0.0417. The molecule has 0 aliphatic rings. The predicted octanol–water partition coefficient (Wildman–Crippen LogP) is 20.3. The topological polar surface area (TPSA) is 95.9 Å². The summed E-state index contributed by atoms with van der Waals surface area (Å²) in [5.41, 5.74) is 0. The van der Waals surface area contributed by atoms with Crippen LogP contribution in [0.4, 0.5) is 0 Å². The van der Waals surface area contributed by atoms with Crippen LogP contribution in [0.2, 0.25) is 0 Å². The van der Waals surface area contributed by atoms with Gasteiger partial charge < -0.3 is 20.3 Å². The third-order valence-corrected chi connectivity index (χ3v) is 15.4. The lowest BCUT2D eigenvalue weighted by Gasteiger charge is -2.22. The molecule has 0 heterocycles. The molecule has 0 aromatic carbocycles. The van der Waals surface area contributed by atoms with Crippen molar-refractivity contribution in [2.45, 2.75) is 386 Å². The van der Waals surface area contributed by atoms with Crippen molar-refractivity contribution in [1.82, 2.24) is 5.32 Å². The summed E-state index contributed by atoms with van der Waals surface area (Å²) >= 11 is 0. The van der Waals surface area contributed by atoms with Crippen molar-refractivity contribution in [3.05, 3.63) is 0 Å². The highest BCUT2D eigenvalue weighted by atomic mass is 16.5. The van der Waals surface area contributed by atoms with E-state index in [4.69, 9.17) is 4.74 Å². The molecular formula is C64H127NO5. The van der Waals surface area contributed by atoms with Crippen LogP contribution in [0.25, 0.3) is 0 Å². The molecule has 0 spiro atoms. The Morgan fingerprint density at radius 2 is 0.586 bits per heavy atom. The summed E-state index contributed by atoms with van der Waals surface area (Å²) in [6.07, 6.45) is 71.2. The van der Waals surface area contributed by atoms with Crippen molar-refractivity contribution in [3.63, 3.8) is 0 Å². The highest BCUT2D eigenvalue weighted by Crippen LogP contribution is 2.19. The molecule has 0 bridgehead atoms. The molecule has 0 rings (SSSR count). The fraction of sp³-hybridized carbons (Fsp3) is 0.969. The highest BCUT2D eigenvalue weighted by Gasteiger charge is 2.20. The van der Waals surface area contributed by atoms with Gasteiger partial charge >= 0.3 is 5.97 Å². The maximum Gasteiger partial charge on any atom is 0.305 e. The number of nitrogens with one attached hydrogen (secondary N) is 1. The monoisotopic (exact) mass is 990 g/mol. The molecule has 0 saturated heterocycles. The van der Waals surface area contributed by atoms with Crippen molar-refractivity contribution in [2.75, 3.05) is 13.2 Å². The summed E-state index contributed by atoms with van der Waals surface area (Å²) in [6, 6.07) is -0.545. The minimum absolute atomic E-state index is 0.00760. The molecule has 0 radical (unpaired) electrons. The number of ether oxygens (including phenoxy) is 1. The number of aliphatic hydroxyl groups excluding tert-OH is 2. The first-order chi connectivity index (χ1) is 34.5. The Morgan fingerprint density at radius 3 is 0.871 bits per heavy atom. The van der Waals surface area contributed by atoms with E-state index in [0.29, 0.717) is 25.9 Å². The number of carbonyl (C=O) groups is 2. The summed E-state index contributed by atoms with van der Waals surface area (Å²) in [5, 5.41) is 23.4. The van der Waals surface area contributed by atoms with Crippen LogP contribution in [0, 0.1) is 0 Å². The number of rotatable bonds is 61. The largest absolute Gasteiger partial charge is 0.466 e. The Balaban J connectivity index is 3.40. The molecule has 6 nitrogen and oxygen atoms in total. The van der Waals surface area contributed by atoms with Gasteiger partial charge in [0, 0.05) is 12.8 Å². The van der Waals surface area contributed by atoms with Crippen molar-refractivity contribution in [3.8, 4) is 0 Å². The molecule has 70 heavy (non-hydrogen) atoms. The van der Waals surface area contributed by atoms with E-state index in [9.17, 15) is 19.8 Å². The van der Waals surface area contributed by atoms with Gasteiger partial charge in [-0.15, -0.1) is 0 Å². The number of amides is 1. The molecule has 1 amide bonds. The van der Waals surface area contributed by atoms with Gasteiger partial charge in [-0.2, -0.15) is 0 Å². The lowest BCUT2D eigenvalue weighted by molar-refractivity contribution is -0.143. The van der Waals surface area contributed by atoms with E-state index in [-0.39, 0.29) is 18.5 Å². The summed E-state index contributed by atoms with van der Waals surface area (Å²) in [5.74, 6) is -0.0273. The molecule has 418 valence electrons. The zero-order chi connectivity index (χ0) is 50.7. The van der Waals surface area contributed by atoms with E-state index in [1.54, 1.807) is 0 Å². The van der Waals surface area contributed by atoms with Gasteiger partial charge in [0.25, 0.3) is 0 Å². The first-order valence-corrected chi connectivity index (χ1v) is 32.3. The summed E-state index contributed by atoms with van der Waals surface area (Å²) in [4.78, 5) is 24.6. The molecule has 0 aromatic rings. The maximum absolute atomic E-state index is 12.5. The van der Waals surface area contributed by atoms with Crippen molar-refractivity contribution in [1.29, 1.82) is 0 Å². The zero-order valence-corrected chi connectivity index (χ0v) is 47.8. The Labute approximate surface area is 438 Å². The van der Waals surface area contributed by atoms with Gasteiger partial charge in [-0.1, -0.05) is 335 Å². The van der Waals surface area contributed by atoms with E-state index in [1.807, 2.05) is 0 Å². The van der Waals surface area contributed by atoms with Crippen molar-refractivity contribution in [2.24, 2.45) is 0 Å². The maximum atomic E-state index is 12.5. The van der Waals surface area contributed by atoms with Crippen LogP contribution in [0.5, 0.6) is 0 Å². The molecule has 0 fully saturated rings. The van der Waals surface area contributed by atoms with Gasteiger partial charge in [-0.3, -0.25) is 9.59 Å². The first kappa shape index (κ1) is 68.9. The molecular weight excluding hydrogens is 863 g/mol. The Hall–Kier alpha value is -1.14. The average Bonchev–Trinajstić information content (AvgIpc) is 3.36. The molecule has 3 N–H and O–H groups in total. The number of esters is 1. The smallest absolute Gasteiger partial charge is 0.305 e. The number of unbranched alkanes of at least 4 members (excludes halogenated alkanes) is 50. The summed E-state index contributed by atoms with van der Waals surface area (Å²) in [6.45, 7) is 4.98. The third kappa shape index (κ3) is 56.2. The van der Waals surface area contributed by atoms with E-state index >= 15 is 0 Å². The van der Waals surface area contributed by atoms with Crippen LogP contribution in [0.1, 0.15) is 373 Å². The molecule has 2 unspecified atom stereocenters. The molecule has 2 atom stereocenters. The normalized spacial score (nSPS) is 12.5. The van der Waals surface area contributed by atoms with Crippen LogP contribution in [0.15, 0.2) is 0 Å². The number of hydrogen-bond acceptors (Lipinski definition) is 5. The highest BCUT2D eigenvalue weighted by molar-refractivity contribution is 5.76. The van der Waals surface area contributed by atoms with Crippen LogP contribution >= 0.6 is 0 Å². The SMILES string of the molecule is CCCCCCCCCCCCCCCCCCCCCCCCCCC(O)C(CO)NC(=O)CCCCCCCCCCCCCCCCCCCOC(=O)CCCCCCCCCCCCCC. The number of aliphatic hydroxyl groups is 2. The fourth-order valence-corrected chi connectivity index (χ4v) is 10.5. The van der Waals surface area contributed by atoms with Gasteiger partial charge in [0.05, 0.1) is 25.4 Å². The summed E-state index contributed by atoms with van der Waals surface area (Å²) in [7, 11) is 0. The van der Waals surface area contributed by atoms with Gasteiger partial charge in [0.2, 0.25) is 5.91 Å². The lowest BCUT2D eigenvalue weighted by atomic mass is 10.0. The fourth-order valence-electron chi connectivity index (χ4n) is 10.5. The van der Waals surface area contributed by atoms with Gasteiger partial charge in [0.1, 0.15) is 0 Å². The summed E-state index contributed by atoms with van der Waals surface area (Å²) < 4.78 is 5.47. The van der Waals surface area contributed by atoms with Crippen LogP contribution in [-0.2, 0) is 14.3 Å². The van der Waals surface area contributed by atoms with E-state index < -0.39 is 12.1 Å². The second-order valence-electron chi connectivity index (χ2n) is 22.5. The Bertz CT molecular complexity index is 1010. The predicted molar refractivity (Wildman–Crippen MR) is 306 cm³/mol. The molecule has 0 aliphatic heterocycles. The molecule has 6 heteroatoms. The van der Waals surface area contributed by atoms with Crippen molar-refractivity contribution < 1.29 is 24.5 Å². The lowest BCUT2D eigenvalue weighted by Crippen LogP contribution is -2.45. The minimum atomic E-state index is -0.668. The van der Waals surface area contributed by atoms with Crippen molar-refractivity contribution >= 4 is 11.9 Å². The molecule has 0 saturated carbocycles. The standard InChI is InChI=1S/C64H127NO5/c1-3-5-7-9-11-13-15-17-18-19-20-21-22-23-24-25-27-30-33-36-40-44-48-52-56-62(67)61(60-66)65-63(68)57-53-49-45-41-37-34-31-28-26-29-32-35-39-43-47-51-55-59-70-64(69)58-54-50-46-42-38-16-14-12-10-8-6-4-2/h61-62,66-67H,3-60H2,1-2H3,(H,65,68). The second-order valence-corrected chi connectivity index (χ2v) is 22.5. The third-order valence-electron chi connectivity index (χ3n) is 15.4. The zero-order valence-electron chi connectivity index (χ0n) is 47.8. The Morgan fingerprint density at radius 1 is 0.343 bits per heavy atom. The first-order valence-electron chi connectivity index (χ1n) is 32.3. The average molecular weight is 991 g/mol. The van der Waals surface area contributed by atoms with Gasteiger partial charge in [-0.25, -0.2) is 0 Å². The van der Waals surface area contributed by atoms with Gasteiger partial charge in [0.15, 0.2) is 0 Å².